The van der Waals surface area contributed by atoms with Gasteiger partial charge in [-0.3, -0.25) is 0 Å². The van der Waals surface area contributed by atoms with Gasteiger partial charge in [-0.1, -0.05) is 6.07 Å². The van der Waals surface area contributed by atoms with Gasteiger partial charge in [-0.05, 0) is 30.3 Å². The molecule has 4 heteroatoms. The van der Waals surface area contributed by atoms with Gasteiger partial charge in [0.1, 0.15) is 11.6 Å². The fourth-order valence-electron chi connectivity index (χ4n) is 1.41. The van der Waals surface area contributed by atoms with Crippen molar-refractivity contribution in [2.24, 2.45) is 0 Å². The number of anilines is 3. The van der Waals surface area contributed by atoms with Crippen molar-refractivity contribution in [1.29, 1.82) is 0 Å². The lowest BCUT2D eigenvalue weighted by Gasteiger charge is -2.18. The van der Waals surface area contributed by atoms with Crippen LogP contribution in [0.15, 0.2) is 42.6 Å². The molecule has 1 aromatic carbocycles. The Morgan fingerprint density at radius 3 is 2.69 bits per heavy atom. The maximum absolute atomic E-state index is 13.3. The summed E-state index contributed by atoms with van der Waals surface area (Å²) in [7, 11) is 1.83. The van der Waals surface area contributed by atoms with Gasteiger partial charge in [0.05, 0.1) is 5.69 Å². The molecule has 2 N–H and O–H groups in total. The van der Waals surface area contributed by atoms with E-state index in [1.165, 1.54) is 6.07 Å². The normalized spacial score (nSPS) is 10.1. The third-order valence-corrected chi connectivity index (χ3v) is 2.36. The van der Waals surface area contributed by atoms with Gasteiger partial charge in [-0.15, -0.1) is 0 Å². The molecule has 0 aliphatic carbocycles. The summed E-state index contributed by atoms with van der Waals surface area (Å²) in [6.07, 6.45) is 1.69. The van der Waals surface area contributed by atoms with E-state index in [-0.39, 0.29) is 5.69 Å². The minimum absolute atomic E-state index is 0.151. The van der Waals surface area contributed by atoms with Gasteiger partial charge in [0.2, 0.25) is 0 Å². The third kappa shape index (κ3) is 1.95. The molecule has 0 amide bonds. The average molecular weight is 217 g/mol. The standard InChI is InChI=1S/C12H12FN3/c1-16(12-4-2-3-7-15-12)9-5-6-11(14)10(13)8-9/h2-8H,14H2,1H3. The van der Waals surface area contributed by atoms with E-state index in [1.807, 2.05) is 25.2 Å². The van der Waals surface area contributed by atoms with Crippen molar-refractivity contribution >= 4 is 17.2 Å². The second-order valence-electron chi connectivity index (χ2n) is 3.45. The lowest BCUT2D eigenvalue weighted by molar-refractivity contribution is 0.632. The van der Waals surface area contributed by atoms with Crippen LogP contribution in [-0.2, 0) is 0 Å². The van der Waals surface area contributed by atoms with E-state index >= 15 is 0 Å². The molecule has 82 valence electrons. The average Bonchev–Trinajstić information content (AvgIpc) is 2.33. The number of pyridine rings is 1. The first kappa shape index (κ1) is 10.4. The van der Waals surface area contributed by atoms with Gasteiger partial charge in [0, 0.05) is 18.9 Å². The molecular weight excluding hydrogens is 205 g/mol. The first-order valence-corrected chi connectivity index (χ1v) is 4.88. The highest BCUT2D eigenvalue weighted by Crippen LogP contribution is 2.24. The number of nitrogens with two attached hydrogens (primary N) is 1. The zero-order valence-corrected chi connectivity index (χ0v) is 8.89. The number of nitrogens with zero attached hydrogens (tertiary/aromatic N) is 2. The lowest BCUT2D eigenvalue weighted by atomic mass is 10.2. The van der Waals surface area contributed by atoms with Gasteiger partial charge < -0.3 is 10.6 Å². The number of hydrogen-bond acceptors (Lipinski definition) is 3. The van der Waals surface area contributed by atoms with Crippen LogP contribution in [0.4, 0.5) is 21.6 Å². The Bertz CT molecular complexity index is 485. The molecule has 3 nitrogen and oxygen atoms in total. The van der Waals surface area contributed by atoms with Crippen molar-refractivity contribution < 1.29 is 4.39 Å². The van der Waals surface area contributed by atoms with Crippen LogP contribution < -0.4 is 10.6 Å². The molecule has 1 heterocycles. The maximum Gasteiger partial charge on any atom is 0.148 e. The number of nitrogen functional groups attached to an aromatic ring is 1. The zero-order chi connectivity index (χ0) is 11.5. The van der Waals surface area contributed by atoms with E-state index in [1.54, 1.807) is 23.2 Å². The summed E-state index contributed by atoms with van der Waals surface area (Å²) in [5.41, 5.74) is 6.28. The Labute approximate surface area is 93.3 Å². The van der Waals surface area contributed by atoms with E-state index in [0.29, 0.717) is 5.69 Å². The molecule has 2 aromatic rings. The maximum atomic E-state index is 13.3. The van der Waals surface area contributed by atoms with Crippen molar-refractivity contribution in [1.82, 2.24) is 4.98 Å². The van der Waals surface area contributed by atoms with Crippen LogP contribution >= 0.6 is 0 Å². The van der Waals surface area contributed by atoms with Crippen molar-refractivity contribution in [2.45, 2.75) is 0 Å². The molecule has 0 aliphatic rings. The van der Waals surface area contributed by atoms with E-state index in [9.17, 15) is 4.39 Å². The highest BCUT2D eigenvalue weighted by molar-refractivity contribution is 5.61. The van der Waals surface area contributed by atoms with Gasteiger partial charge in [0.15, 0.2) is 0 Å². The number of halogens is 1. The molecule has 0 radical (unpaired) electrons. The predicted octanol–water partition coefficient (Wildman–Crippen LogP) is 2.57. The van der Waals surface area contributed by atoms with Crippen molar-refractivity contribution in [3.63, 3.8) is 0 Å². The van der Waals surface area contributed by atoms with Gasteiger partial charge >= 0.3 is 0 Å². The predicted molar refractivity (Wildman–Crippen MR) is 63.1 cm³/mol. The fourth-order valence-corrected chi connectivity index (χ4v) is 1.41. The molecule has 1 aromatic heterocycles. The van der Waals surface area contributed by atoms with Crippen molar-refractivity contribution in [3.05, 3.63) is 48.4 Å². The Hall–Kier alpha value is -2.10. The molecule has 0 unspecified atom stereocenters. The number of aromatic nitrogens is 1. The Morgan fingerprint density at radius 1 is 1.25 bits per heavy atom. The largest absolute Gasteiger partial charge is 0.396 e. The molecule has 0 bridgehead atoms. The second kappa shape index (κ2) is 4.18. The number of benzene rings is 1. The smallest absolute Gasteiger partial charge is 0.148 e. The molecular formula is C12H12FN3. The molecule has 0 saturated heterocycles. The summed E-state index contributed by atoms with van der Waals surface area (Å²) in [5, 5.41) is 0. The van der Waals surface area contributed by atoms with Crippen LogP contribution in [-0.4, -0.2) is 12.0 Å². The highest BCUT2D eigenvalue weighted by atomic mass is 19.1. The van der Waals surface area contributed by atoms with Crippen LogP contribution in [0.5, 0.6) is 0 Å². The molecule has 0 saturated carbocycles. The SMILES string of the molecule is CN(c1ccc(N)c(F)c1)c1ccccn1. The van der Waals surface area contributed by atoms with Crippen molar-refractivity contribution in [2.75, 3.05) is 17.7 Å². The third-order valence-electron chi connectivity index (χ3n) is 2.36. The topological polar surface area (TPSA) is 42.1 Å². The minimum atomic E-state index is -0.416. The van der Waals surface area contributed by atoms with E-state index in [0.717, 1.165) is 5.82 Å². The lowest BCUT2D eigenvalue weighted by Crippen LogP contribution is -2.11. The van der Waals surface area contributed by atoms with E-state index < -0.39 is 5.82 Å². The summed E-state index contributed by atoms with van der Waals surface area (Å²) in [5.74, 6) is 0.340. The zero-order valence-electron chi connectivity index (χ0n) is 8.89. The molecule has 16 heavy (non-hydrogen) atoms. The van der Waals surface area contributed by atoms with Crippen LogP contribution in [0.3, 0.4) is 0 Å². The van der Waals surface area contributed by atoms with Crippen LogP contribution in [0, 0.1) is 5.82 Å². The Balaban J connectivity index is 2.34. The Morgan fingerprint density at radius 2 is 2.06 bits per heavy atom. The summed E-state index contributed by atoms with van der Waals surface area (Å²) in [4.78, 5) is 5.97. The second-order valence-corrected chi connectivity index (χ2v) is 3.45. The highest BCUT2D eigenvalue weighted by Gasteiger charge is 2.06. The molecule has 0 fully saturated rings. The first-order valence-electron chi connectivity index (χ1n) is 4.88. The quantitative estimate of drug-likeness (QED) is 0.786. The van der Waals surface area contributed by atoms with Gasteiger partial charge in [0.25, 0.3) is 0 Å². The first-order chi connectivity index (χ1) is 7.68. The molecule has 0 aliphatic heterocycles. The molecule has 0 atom stereocenters. The van der Waals surface area contributed by atoms with E-state index in [4.69, 9.17) is 5.73 Å². The number of rotatable bonds is 2. The minimum Gasteiger partial charge on any atom is -0.396 e. The molecule has 0 spiro atoms. The number of hydrogen-bond donors (Lipinski definition) is 1. The fraction of sp³-hybridized carbons (Fsp3) is 0.0833. The molecule has 2 rings (SSSR count). The summed E-state index contributed by atoms with van der Waals surface area (Å²) >= 11 is 0. The van der Waals surface area contributed by atoms with Crippen LogP contribution in [0.2, 0.25) is 0 Å². The monoisotopic (exact) mass is 217 g/mol. The van der Waals surface area contributed by atoms with Crippen LogP contribution in [0.1, 0.15) is 0 Å². The summed E-state index contributed by atoms with van der Waals surface area (Å²) in [6.45, 7) is 0. The van der Waals surface area contributed by atoms with Crippen LogP contribution in [0.25, 0.3) is 0 Å². The Kier molecular flexibility index (Phi) is 2.72. The van der Waals surface area contributed by atoms with E-state index in [2.05, 4.69) is 4.98 Å². The summed E-state index contributed by atoms with van der Waals surface area (Å²) < 4.78 is 13.3. The van der Waals surface area contributed by atoms with Gasteiger partial charge in [-0.2, -0.15) is 0 Å². The van der Waals surface area contributed by atoms with Crippen molar-refractivity contribution in [3.8, 4) is 0 Å². The van der Waals surface area contributed by atoms with Gasteiger partial charge in [-0.25, -0.2) is 9.37 Å². The summed E-state index contributed by atoms with van der Waals surface area (Å²) in [6, 6.07) is 10.3.